The summed E-state index contributed by atoms with van der Waals surface area (Å²) in [5.74, 6) is 2.11. The highest BCUT2D eigenvalue weighted by molar-refractivity contribution is 5.95. The first-order valence-corrected chi connectivity index (χ1v) is 13.4. The van der Waals surface area contributed by atoms with Crippen LogP contribution in [-0.4, -0.2) is 86.3 Å². The van der Waals surface area contributed by atoms with Crippen molar-refractivity contribution in [2.45, 2.75) is 13.8 Å². The van der Waals surface area contributed by atoms with E-state index in [0.717, 1.165) is 41.6 Å². The Labute approximate surface area is 234 Å². The number of nitrogens with zero attached hydrogens (tertiary/aromatic N) is 5. The van der Waals surface area contributed by atoms with E-state index >= 15 is 0 Å². The molecule has 2 amide bonds. The summed E-state index contributed by atoms with van der Waals surface area (Å²) in [6.45, 7) is 8.80. The van der Waals surface area contributed by atoms with Crippen LogP contribution < -0.4 is 25.2 Å². The lowest BCUT2D eigenvalue weighted by Gasteiger charge is -2.36. The average molecular weight is 546 g/mol. The molecule has 2 N–H and O–H groups in total. The number of Topliss-reactive ketones (excluding diaryl/α,β-unsaturated/α-hetero) is 1. The molecule has 2 fully saturated rings. The van der Waals surface area contributed by atoms with Gasteiger partial charge in [-0.3, -0.25) is 4.79 Å². The highest BCUT2D eigenvalue weighted by Crippen LogP contribution is 2.38. The van der Waals surface area contributed by atoms with Crippen molar-refractivity contribution in [1.29, 1.82) is 0 Å². The molecule has 2 aliphatic heterocycles. The maximum atomic E-state index is 12.8. The minimum atomic E-state index is -0.161. The third-order valence-corrected chi connectivity index (χ3v) is 7.15. The fourth-order valence-corrected chi connectivity index (χ4v) is 4.95. The number of rotatable bonds is 7. The van der Waals surface area contributed by atoms with E-state index in [1.165, 1.54) is 6.92 Å². The number of carbonyl (C=O) groups excluding carboxylic acids is 2. The quantitative estimate of drug-likeness (QED) is 0.427. The number of aromatic nitrogens is 2. The molecule has 3 heterocycles. The molecule has 2 saturated heterocycles. The second-order valence-corrected chi connectivity index (χ2v) is 9.82. The van der Waals surface area contributed by atoms with Crippen LogP contribution in [0.3, 0.4) is 0 Å². The summed E-state index contributed by atoms with van der Waals surface area (Å²) >= 11 is 0. The van der Waals surface area contributed by atoms with Gasteiger partial charge in [-0.25, -0.2) is 9.78 Å². The molecule has 0 bridgehead atoms. The number of urea groups is 1. The molecule has 11 heteroatoms. The highest BCUT2D eigenvalue weighted by Gasteiger charge is 2.24. The maximum absolute atomic E-state index is 12.8. The van der Waals surface area contributed by atoms with Gasteiger partial charge in [-0.05, 0) is 50.2 Å². The molecule has 0 aliphatic carbocycles. The van der Waals surface area contributed by atoms with Crippen molar-refractivity contribution in [3.05, 3.63) is 59.8 Å². The van der Waals surface area contributed by atoms with E-state index in [4.69, 9.17) is 14.5 Å². The lowest BCUT2D eigenvalue weighted by Crippen LogP contribution is -2.50. The van der Waals surface area contributed by atoms with Crippen molar-refractivity contribution in [3.63, 3.8) is 0 Å². The maximum Gasteiger partial charge on any atom is 0.321 e. The van der Waals surface area contributed by atoms with Gasteiger partial charge in [0.1, 0.15) is 17.3 Å². The van der Waals surface area contributed by atoms with Crippen molar-refractivity contribution in [3.8, 4) is 5.75 Å². The molecule has 0 saturated carbocycles. The number of hydrogen-bond donors (Lipinski definition) is 2. The van der Waals surface area contributed by atoms with Crippen molar-refractivity contribution in [1.82, 2.24) is 14.9 Å². The molecule has 0 unspecified atom stereocenters. The molecule has 1 aromatic heterocycles. The van der Waals surface area contributed by atoms with Crippen LogP contribution in [-0.2, 0) is 4.74 Å². The largest absolute Gasteiger partial charge is 0.495 e. The number of ketones is 1. The number of para-hydroxylation sites is 1. The molecule has 11 nitrogen and oxygen atoms in total. The van der Waals surface area contributed by atoms with Gasteiger partial charge >= 0.3 is 6.03 Å². The minimum absolute atomic E-state index is 0.00610. The van der Waals surface area contributed by atoms with Crippen LogP contribution in [0.4, 0.5) is 33.6 Å². The molecule has 0 spiro atoms. The lowest BCUT2D eigenvalue weighted by molar-refractivity contribution is 0.101. The van der Waals surface area contributed by atoms with E-state index in [-0.39, 0.29) is 11.8 Å². The SMILES string of the molecule is COc1cccc(Nc2ncc(C)c(N3CCN(C(=O)Nc4ccc(C(C)=O)cc4)CC3)n2)c1N1CCOCC1. The number of amides is 2. The monoisotopic (exact) mass is 545 g/mol. The van der Waals surface area contributed by atoms with Crippen molar-refractivity contribution in [2.75, 3.05) is 80.0 Å². The Morgan fingerprint density at radius 1 is 0.950 bits per heavy atom. The van der Waals surface area contributed by atoms with E-state index in [0.29, 0.717) is 56.6 Å². The first-order chi connectivity index (χ1) is 19.4. The number of morpholine rings is 1. The summed E-state index contributed by atoms with van der Waals surface area (Å²) in [5, 5.41) is 6.33. The number of piperazine rings is 1. The Morgan fingerprint density at radius 3 is 2.35 bits per heavy atom. The van der Waals surface area contributed by atoms with Gasteiger partial charge in [-0.2, -0.15) is 4.98 Å². The zero-order chi connectivity index (χ0) is 28.1. The number of nitrogens with one attached hydrogen (secondary N) is 2. The zero-order valence-electron chi connectivity index (χ0n) is 23.1. The molecule has 2 aromatic carbocycles. The fourth-order valence-electron chi connectivity index (χ4n) is 4.95. The summed E-state index contributed by atoms with van der Waals surface area (Å²) in [7, 11) is 1.67. The topological polar surface area (TPSA) is 112 Å². The number of aryl methyl sites for hydroxylation is 1. The van der Waals surface area contributed by atoms with Crippen LogP contribution in [0.5, 0.6) is 5.75 Å². The first-order valence-electron chi connectivity index (χ1n) is 13.4. The van der Waals surface area contributed by atoms with Crippen LogP contribution in [0.25, 0.3) is 0 Å². The molecule has 40 heavy (non-hydrogen) atoms. The molecule has 0 radical (unpaired) electrons. The smallest absolute Gasteiger partial charge is 0.321 e. The van der Waals surface area contributed by atoms with Gasteiger partial charge in [0.25, 0.3) is 0 Å². The van der Waals surface area contributed by atoms with Crippen molar-refractivity contribution < 1.29 is 19.1 Å². The normalized spacial score (nSPS) is 15.5. The Balaban J connectivity index is 1.25. The number of hydrogen-bond acceptors (Lipinski definition) is 9. The summed E-state index contributed by atoms with van der Waals surface area (Å²) in [6.07, 6.45) is 1.82. The number of methoxy groups -OCH3 is 1. The zero-order valence-corrected chi connectivity index (χ0v) is 23.1. The van der Waals surface area contributed by atoms with Gasteiger partial charge in [-0.15, -0.1) is 0 Å². The van der Waals surface area contributed by atoms with Gasteiger partial charge in [0.05, 0.1) is 26.0 Å². The Bertz CT molecular complexity index is 1350. The van der Waals surface area contributed by atoms with Crippen LogP contribution in [0.2, 0.25) is 0 Å². The third-order valence-electron chi connectivity index (χ3n) is 7.15. The van der Waals surface area contributed by atoms with Crippen LogP contribution in [0.15, 0.2) is 48.7 Å². The van der Waals surface area contributed by atoms with E-state index in [1.54, 1.807) is 36.3 Å². The summed E-state index contributed by atoms with van der Waals surface area (Å²) in [6, 6.07) is 12.7. The number of ether oxygens (including phenoxy) is 2. The van der Waals surface area contributed by atoms with Crippen LogP contribution >= 0.6 is 0 Å². The highest BCUT2D eigenvalue weighted by atomic mass is 16.5. The average Bonchev–Trinajstić information content (AvgIpc) is 2.98. The Hall–Kier alpha value is -4.38. The molecular formula is C29H35N7O4. The number of carbonyl (C=O) groups is 2. The van der Waals surface area contributed by atoms with Gasteiger partial charge in [-0.1, -0.05) is 6.07 Å². The standard InChI is InChI=1S/C29H35N7O4/c1-20-19-30-28(32-24-5-4-6-25(39-3)26(24)34-15-17-40-18-16-34)33-27(20)35-11-13-36(14-12-35)29(38)31-23-9-7-22(8-10-23)21(2)37/h4-10,19H,11-18H2,1-3H3,(H,31,38)(H,30,32,33). The first kappa shape index (κ1) is 27.2. The van der Waals surface area contributed by atoms with Crippen molar-refractivity contribution in [2.24, 2.45) is 0 Å². The molecule has 0 atom stereocenters. The minimum Gasteiger partial charge on any atom is -0.495 e. The molecule has 210 valence electrons. The second kappa shape index (κ2) is 12.2. The second-order valence-electron chi connectivity index (χ2n) is 9.82. The third kappa shape index (κ3) is 6.09. The van der Waals surface area contributed by atoms with E-state index in [9.17, 15) is 9.59 Å². The number of anilines is 5. The van der Waals surface area contributed by atoms with E-state index in [1.807, 2.05) is 31.3 Å². The summed E-state index contributed by atoms with van der Waals surface area (Å²) in [4.78, 5) is 40.0. The van der Waals surface area contributed by atoms with E-state index in [2.05, 4.69) is 25.4 Å². The van der Waals surface area contributed by atoms with Crippen LogP contribution in [0.1, 0.15) is 22.8 Å². The predicted molar refractivity (Wildman–Crippen MR) is 155 cm³/mol. The molecule has 3 aromatic rings. The Morgan fingerprint density at radius 2 is 1.68 bits per heavy atom. The molecule has 2 aliphatic rings. The van der Waals surface area contributed by atoms with Crippen LogP contribution in [0, 0.1) is 6.92 Å². The lowest BCUT2D eigenvalue weighted by atomic mass is 10.1. The summed E-state index contributed by atoms with van der Waals surface area (Å²) < 4.78 is 11.2. The summed E-state index contributed by atoms with van der Waals surface area (Å²) in [5.41, 5.74) is 4.08. The number of benzene rings is 2. The van der Waals surface area contributed by atoms with Gasteiger partial charge in [0.15, 0.2) is 5.78 Å². The molecular weight excluding hydrogens is 510 g/mol. The van der Waals surface area contributed by atoms with Gasteiger partial charge < -0.3 is 34.8 Å². The fraction of sp³-hybridized carbons (Fsp3) is 0.379. The predicted octanol–water partition coefficient (Wildman–Crippen LogP) is 3.93. The van der Waals surface area contributed by atoms with Gasteiger partial charge in [0.2, 0.25) is 5.95 Å². The van der Waals surface area contributed by atoms with Gasteiger partial charge in [0, 0.05) is 62.3 Å². The van der Waals surface area contributed by atoms with E-state index < -0.39 is 0 Å². The molecule has 5 rings (SSSR count). The Kier molecular flexibility index (Phi) is 8.30. The van der Waals surface area contributed by atoms with Crippen molar-refractivity contribution >= 4 is 40.6 Å².